The topological polar surface area (TPSA) is 32.3 Å². The van der Waals surface area contributed by atoms with Gasteiger partial charge in [-0.05, 0) is 36.4 Å². The zero-order valence-corrected chi connectivity index (χ0v) is 12.1. The SMILES string of the molecule is CN(C)c1ccccc1NC(=O)c1ccc(C(F)(F)F)cc1. The summed E-state index contributed by atoms with van der Waals surface area (Å²) in [6.07, 6.45) is -4.41. The van der Waals surface area contributed by atoms with Crippen LogP contribution in [-0.4, -0.2) is 20.0 Å². The lowest BCUT2D eigenvalue weighted by Crippen LogP contribution is -2.17. The molecule has 2 aromatic rings. The van der Waals surface area contributed by atoms with Crippen LogP contribution in [0, 0.1) is 0 Å². The molecule has 0 atom stereocenters. The number of nitrogens with zero attached hydrogens (tertiary/aromatic N) is 1. The van der Waals surface area contributed by atoms with E-state index in [2.05, 4.69) is 5.32 Å². The maximum atomic E-state index is 12.5. The molecule has 0 heterocycles. The van der Waals surface area contributed by atoms with E-state index in [4.69, 9.17) is 0 Å². The number of carbonyl (C=O) groups excluding carboxylic acids is 1. The third-order valence-corrected chi connectivity index (χ3v) is 3.11. The van der Waals surface area contributed by atoms with Crippen LogP contribution in [0.2, 0.25) is 0 Å². The standard InChI is InChI=1S/C16H15F3N2O/c1-21(2)14-6-4-3-5-13(14)20-15(22)11-7-9-12(10-8-11)16(17,18)19/h3-10H,1-2H3,(H,20,22). The third-order valence-electron chi connectivity index (χ3n) is 3.11. The predicted octanol–water partition coefficient (Wildman–Crippen LogP) is 4.02. The monoisotopic (exact) mass is 308 g/mol. The Labute approximate surface area is 126 Å². The van der Waals surface area contributed by atoms with Crippen LogP contribution in [0.25, 0.3) is 0 Å². The van der Waals surface area contributed by atoms with Crippen molar-refractivity contribution in [2.45, 2.75) is 6.18 Å². The van der Waals surface area contributed by atoms with Crippen LogP contribution in [0.1, 0.15) is 15.9 Å². The Morgan fingerprint density at radius 3 is 2.14 bits per heavy atom. The van der Waals surface area contributed by atoms with Crippen molar-refractivity contribution in [2.24, 2.45) is 0 Å². The lowest BCUT2D eigenvalue weighted by atomic mass is 10.1. The minimum Gasteiger partial charge on any atom is -0.376 e. The summed E-state index contributed by atoms with van der Waals surface area (Å²) >= 11 is 0. The molecular weight excluding hydrogens is 293 g/mol. The van der Waals surface area contributed by atoms with Gasteiger partial charge in [0, 0.05) is 19.7 Å². The molecule has 22 heavy (non-hydrogen) atoms. The van der Waals surface area contributed by atoms with Crippen molar-refractivity contribution in [2.75, 3.05) is 24.3 Å². The number of carbonyl (C=O) groups is 1. The van der Waals surface area contributed by atoms with Crippen molar-refractivity contribution in [1.82, 2.24) is 0 Å². The van der Waals surface area contributed by atoms with Crippen LogP contribution in [0.5, 0.6) is 0 Å². The first kappa shape index (κ1) is 15.9. The largest absolute Gasteiger partial charge is 0.416 e. The van der Waals surface area contributed by atoms with Crippen LogP contribution in [0.4, 0.5) is 24.5 Å². The summed E-state index contributed by atoms with van der Waals surface area (Å²) < 4.78 is 37.5. The molecule has 2 aromatic carbocycles. The minimum absolute atomic E-state index is 0.168. The Kier molecular flexibility index (Phi) is 4.40. The van der Waals surface area contributed by atoms with Crippen molar-refractivity contribution < 1.29 is 18.0 Å². The second-order valence-corrected chi connectivity index (χ2v) is 4.94. The van der Waals surface area contributed by atoms with E-state index in [1.54, 1.807) is 12.1 Å². The summed E-state index contributed by atoms with van der Waals surface area (Å²) in [4.78, 5) is 14.0. The molecule has 116 valence electrons. The number of halogens is 3. The lowest BCUT2D eigenvalue weighted by molar-refractivity contribution is -0.137. The fourth-order valence-corrected chi connectivity index (χ4v) is 1.97. The summed E-state index contributed by atoms with van der Waals surface area (Å²) in [5.74, 6) is -0.456. The highest BCUT2D eigenvalue weighted by Crippen LogP contribution is 2.29. The van der Waals surface area contributed by atoms with Crippen molar-refractivity contribution in [3.8, 4) is 0 Å². The highest BCUT2D eigenvalue weighted by atomic mass is 19.4. The number of anilines is 2. The average molecular weight is 308 g/mol. The Morgan fingerprint density at radius 2 is 1.59 bits per heavy atom. The molecule has 2 rings (SSSR count). The molecule has 0 aromatic heterocycles. The summed E-state index contributed by atoms with van der Waals surface area (Å²) in [5, 5.41) is 2.70. The van der Waals surface area contributed by atoms with Gasteiger partial charge in [-0.15, -0.1) is 0 Å². The van der Waals surface area contributed by atoms with Crippen molar-refractivity contribution in [3.05, 3.63) is 59.7 Å². The Bertz CT molecular complexity index is 664. The second-order valence-electron chi connectivity index (χ2n) is 4.94. The summed E-state index contributed by atoms with van der Waals surface area (Å²) in [6, 6.07) is 11.3. The molecule has 6 heteroatoms. The van der Waals surface area contributed by atoms with Gasteiger partial charge < -0.3 is 10.2 Å². The number of rotatable bonds is 3. The molecule has 0 bridgehead atoms. The van der Waals surface area contributed by atoms with Gasteiger partial charge in [-0.1, -0.05) is 12.1 Å². The summed E-state index contributed by atoms with van der Waals surface area (Å²) in [6.45, 7) is 0. The summed E-state index contributed by atoms with van der Waals surface area (Å²) in [7, 11) is 3.67. The van der Waals surface area contributed by atoms with Gasteiger partial charge in [0.2, 0.25) is 0 Å². The Morgan fingerprint density at radius 1 is 1.00 bits per heavy atom. The molecule has 1 amide bonds. The maximum absolute atomic E-state index is 12.5. The van der Waals surface area contributed by atoms with Crippen molar-refractivity contribution in [1.29, 1.82) is 0 Å². The number of amides is 1. The molecule has 0 saturated carbocycles. The fourth-order valence-electron chi connectivity index (χ4n) is 1.97. The number of hydrogen-bond acceptors (Lipinski definition) is 2. The van der Waals surface area contributed by atoms with Gasteiger partial charge in [-0.25, -0.2) is 0 Å². The van der Waals surface area contributed by atoms with Gasteiger partial charge in [0.25, 0.3) is 5.91 Å². The molecule has 0 saturated heterocycles. The van der Waals surface area contributed by atoms with Gasteiger partial charge in [0.1, 0.15) is 0 Å². The highest BCUT2D eigenvalue weighted by Gasteiger charge is 2.30. The third kappa shape index (κ3) is 3.58. The lowest BCUT2D eigenvalue weighted by Gasteiger charge is -2.17. The average Bonchev–Trinajstić information content (AvgIpc) is 2.46. The first-order chi connectivity index (χ1) is 10.3. The van der Waals surface area contributed by atoms with Gasteiger partial charge >= 0.3 is 6.18 Å². The van der Waals surface area contributed by atoms with Crippen LogP contribution < -0.4 is 10.2 Å². The van der Waals surface area contributed by atoms with Gasteiger partial charge in [-0.2, -0.15) is 13.2 Å². The first-order valence-electron chi connectivity index (χ1n) is 6.54. The van der Waals surface area contributed by atoms with Crippen molar-refractivity contribution in [3.63, 3.8) is 0 Å². The number of alkyl halides is 3. The van der Waals surface area contributed by atoms with E-state index in [1.165, 1.54) is 0 Å². The van der Waals surface area contributed by atoms with Gasteiger partial charge in [-0.3, -0.25) is 4.79 Å². The fraction of sp³-hybridized carbons (Fsp3) is 0.188. The van der Waals surface area contributed by atoms with E-state index in [0.29, 0.717) is 5.69 Å². The molecule has 0 unspecified atom stereocenters. The van der Waals surface area contributed by atoms with E-state index in [9.17, 15) is 18.0 Å². The number of para-hydroxylation sites is 2. The van der Waals surface area contributed by atoms with Gasteiger partial charge in [0.15, 0.2) is 0 Å². The summed E-state index contributed by atoms with van der Waals surface area (Å²) in [5.41, 5.74) is 0.791. The zero-order valence-electron chi connectivity index (χ0n) is 12.1. The molecule has 3 nitrogen and oxygen atoms in total. The Balaban J connectivity index is 2.20. The molecule has 1 N–H and O–H groups in total. The molecule has 0 aliphatic heterocycles. The molecular formula is C16H15F3N2O. The highest BCUT2D eigenvalue weighted by molar-refractivity contribution is 6.05. The van der Waals surface area contributed by atoms with E-state index < -0.39 is 17.6 Å². The molecule has 0 radical (unpaired) electrons. The Hall–Kier alpha value is -2.50. The smallest absolute Gasteiger partial charge is 0.376 e. The molecule has 0 fully saturated rings. The molecule has 0 aliphatic rings. The maximum Gasteiger partial charge on any atom is 0.416 e. The van der Waals surface area contributed by atoms with E-state index in [0.717, 1.165) is 30.0 Å². The first-order valence-corrected chi connectivity index (χ1v) is 6.54. The quantitative estimate of drug-likeness (QED) is 0.928. The number of benzene rings is 2. The van der Waals surface area contributed by atoms with E-state index >= 15 is 0 Å². The van der Waals surface area contributed by atoms with Crippen LogP contribution >= 0.6 is 0 Å². The van der Waals surface area contributed by atoms with Crippen LogP contribution in [0.15, 0.2) is 48.5 Å². The van der Waals surface area contributed by atoms with Crippen molar-refractivity contribution >= 4 is 17.3 Å². The second kappa shape index (κ2) is 6.09. The minimum atomic E-state index is -4.41. The number of nitrogens with one attached hydrogen (secondary N) is 1. The van der Waals surface area contributed by atoms with E-state index in [1.807, 2.05) is 31.1 Å². The molecule has 0 spiro atoms. The van der Waals surface area contributed by atoms with Crippen LogP contribution in [0.3, 0.4) is 0 Å². The number of hydrogen-bond donors (Lipinski definition) is 1. The van der Waals surface area contributed by atoms with Crippen LogP contribution in [-0.2, 0) is 6.18 Å². The van der Waals surface area contributed by atoms with E-state index in [-0.39, 0.29) is 5.56 Å². The predicted molar refractivity (Wildman–Crippen MR) is 80.2 cm³/mol. The van der Waals surface area contributed by atoms with Gasteiger partial charge in [0.05, 0.1) is 16.9 Å². The zero-order chi connectivity index (χ0) is 16.3. The molecule has 0 aliphatic carbocycles. The normalized spacial score (nSPS) is 11.1.